The number of rotatable bonds is 5. The van der Waals surface area contributed by atoms with Gasteiger partial charge in [0.05, 0.1) is 0 Å². The minimum absolute atomic E-state index is 0.0605. The van der Waals surface area contributed by atoms with E-state index in [1.807, 2.05) is 41.3 Å². The Hall–Kier alpha value is -3.02. The van der Waals surface area contributed by atoms with Gasteiger partial charge in [0.15, 0.2) is 0 Å². The van der Waals surface area contributed by atoms with Crippen LogP contribution in [0.2, 0.25) is 0 Å². The number of para-hydroxylation sites is 1. The van der Waals surface area contributed by atoms with Crippen LogP contribution in [0.1, 0.15) is 56.1 Å². The maximum atomic E-state index is 12.9. The first-order valence-corrected chi connectivity index (χ1v) is 11.9. The van der Waals surface area contributed by atoms with Crippen LogP contribution in [0.4, 0.5) is 15.3 Å². The van der Waals surface area contributed by atoms with Crippen molar-refractivity contribution in [2.75, 3.05) is 18.4 Å². The molecule has 3 N–H and O–H groups in total. The first kappa shape index (κ1) is 22.2. The third-order valence-electron chi connectivity index (χ3n) is 6.55. The van der Waals surface area contributed by atoms with E-state index in [9.17, 15) is 9.59 Å². The van der Waals surface area contributed by atoms with Gasteiger partial charge in [-0.25, -0.2) is 9.59 Å². The molecule has 2 aromatic carbocycles. The van der Waals surface area contributed by atoms with Gasteiger partial charge >= 0.3 is 12.1 Å². The number of anilines is 1. The number of urea groups is 2. The normalized spacial score (nSPS) is 17.6. The summed E-state index contributed by atoms with van der Waals surface area (Å²) in [6, 6.07) is 18.5. The SMILES string of the molecule is O=C(NC1CCCCC1)NC1CCN(C(=O)Nc2ccccc2Cc2ccccc2)CC1. The van der Waals surface area contributed by atoms with Crippen LogP contribution in [0.15, 0.2) is 54.6 Å². The highest BCUT2D eigenvalue weighted by molar-refractivity contribution is 5.90. The molecule has 1 saturated heterocycles. The monoisotopic (exact) mass is 434 g/mol. The fourth-order valence-corrected chi connectivity index (χ4v) is 4.69. The summed E-state index contributed by atoms with van der Waals surface area (Å²) in [5, 5.41) is 9.32. The minimum Gasteiger partial charge on any atom is -0.335 e. The van der Waals surface area contributed by atoms with Crippen molar-refractivity contribution in [2.24, 2.45) is 0 Å². The van der Waals surface area contributed by atoms with Gasteiger partial charge in [0, 0.05) is 30.9 Å². The number of nitrogens with zero attached hydrogens (tertiary/aromatic N) is 1. The van der Waals surface area contributed by atoms with Crippen molar-refractivity contribution in [3.8, 4) is 0 Å². The fraction of sp³-hybridized carbons (Fsp3) is 0.462. The summed E-state index contributed by atoms with van der Waals surface area (Å²) in [4.78, 5) is 27.0. The molecule has 1 aliphatic carbocycles. The molecular formula is C26H34N4O2. The highest BCUT2D eigenvalue weighted by Crippen LogP contribution is 2.21. The van der Waals surface area contributed by atoms with E-state index in [4.69, 9.17) is 0 Å². The Morgan fingerprint density at radius 3 is 2.12 bits per heavy atom. The highest BCUT2D eigenvalue weighted by Gasteiger charge is 2.25. The van der Waals surface area contributed by atoms with E-state index < -0.39 is 0 Å². The average Bonchev–Trinajstić information content (AvgIpc) is 2.82. The van der Waals surface area contributed by atoms with E-state index in [1.165, 1.54) is 24.8 Å². The highest BCUT2D eigenvalue weighted by atomic mass is 16.2. The Balaban J connectivity index is 1.25. The van der Waals surface area contributed by atoms with Crippen LogP contribution >= 0.6 is 0 Å². The molecule has 170 valence electrons. The third-order valence-corrected chi connectivity index (χ3v) is 6.55. The van der Waals surface area contributed by atoms with Gasteiger partial charge in [0.25, 0.3) is 0 Å². The van der Waals surface area contributed by atoms with E-state index in [0.717, 1.165) is 43.4 Å². The number of nitrogens with one attached hydrogen (secondary N) is 3. The quantitative estimate of drug-likeness (QED) is 0.626. The standard InChI is InChI=1S/C26H34N4O2/c31-25(27-22-12-5-2-6-13-22)28-23-15-17-30(18-16-23)26(32)29-24-14-8-7-11-21(24)19-20-9-3-1-4-10-20/h1,3-4,7-11,14,22-23H,2,5-6,12-13,15-19H2,(H,29,32)(H2,27,28,31). The Morgan fingerprint density at radius 2 is 1.41 bits per heavy atom. The number of carbonyl (C=O) groups is 2. The number of amides is 4. The average molecular weight is 435 g/mol. The van der Waals surface area contributed by atoms with Crippen LogP contribution < -0.4 is 16.0 Å². The summed E-state index contributed by atoms with van der Waals surface area (Å²) < 4.78 is 0. The van der Waals surface area contributed by atoms with Gasteiger partial charge in [0.2, 0.25) is 0 Å². The molecule has 0 unspecified atom stereocenters. The predicted octanol–water partition coefficient (Wildman–Crippen LogP) is 4.91. The molecule has 1 heterocycles. The van der Waals surface area contributed by atoms with Crippen LogP contribution in [0.3, 0.4) is 0 Å². The zero-order chi connectivity index (χ0) is 22.2. The van der Waals surface area contributed by atoms with Gasteiger partial charge in [-0.1, -0.05) is 67.8 Å². The number of benzene rings is 2. The largest absolute Gasteiger partial charge is 0.335 e. The molecule has 2 aliphatic rings. The summed E-state index contributed by atoms with van der Waals surface area (Å²) in [6.45, 7) is 1.28. The van der Waals surface area contributed by atoms with Gasteiger partial charge in [-0.15, -0.1) is 0 Å². The summed E-state index contributed by atoms with van der Waals surface area (Å²) in [6.07, 6.45) is 8.17. The van der Waals surface area contributed by atoms with Gasteiger partial charge < -0.3 is 20.9 Å². The maximum absolute atomic E-state index is 12.9. The van der Waals surface area contributed by atoms with Gasteiger partial charge in [-0.2, -0.15) is 0 Å². The summed E-state index contributed by atoms with van der Waals surface area (Å²) in [7, 11) is 0. The van der Waals surface area contributed by atoms with Gasteiger partial charge in [0.1, 0.15) is 0 Å². The molecule has 2 aromatic rings. The van der Waals surface area contributed by atoms with E-state index in [-0.39, 0.29) is 18.1 Å². The number of carbonyl (C=O) groups excluding carboxylic acids is 2. The van der Waals surface area contributed by atoms with Gasteiger partial charge in [-0.05, 0) is 49.3 Å². The maximum Gasteiger partial charge on any atom is 0.321 e. The molecule has 0 atom stereocenters. The molecule has 2 fully saturated rings. The second-order valence-electron chi connectivity index (χ2n) is 8.96. The molecule has 6 heteroatoms. The zero-order valence-electron chi connectivity index (χ0n) is 18.7. The van der Waals surface area contributed by atoms with Crippen molar-refractivity contribution in [3.63, 3.8) is 0 Å². The lowest BCUT2D eigenvalue weighted by molar-refractivity contribution is 0.186. The summed E-state index contributed by atoms with van der Waals surface area (Å²) in [5.74, 6) is 0. The number of likely N-dealkylation sites (tertiary alicyclic amines) is 1. The first-order valence-electron chi connectivity index (χ1n) is 11.9. The lowest BCUT2D eigenvalue weighted by atomic mass is 9.96. The second kappa shape index (κ2) is 11.0. The fourth-order valence-electron chi connectivity index (χ4n) is 4.69. The van der Waals surface area contributed by atoms with E-state index in [1.54, 1.807) is 0 Å². The van der Waals surface area contributed by atoms with Crippen molar-refractivity contribution < 1.29 is 9.59 Å². The smallest absolute Gasteiger partial charge is 0.321 e. The molecule has 32 heavy (non-hydrogen) atoms. The lowest BCUT2D eigenvalue weighted by Crippen LogP contribution is -2.51. The molecule has 0 radical (unpaired) electrons. The van der Waals surface area contributed by atoms with Crippen molar-refractivity contribution in [1.82, 2.24) is 15.5 Å². The van der Waals surface area contributed by atoms with Crippen molar-refractivity contribution in [2.45, 2.75) is 63.5 Å². The van der Waals surface area contributed by atoms with Crippen molar-refractivity contribution >= 4 is 17.7 Å². The number of hydrogen-bond acceptors (Lipinski definition) is 2. The van der Waals surface area contributed by atoms with Crippen LogP contribution in [0.5, 0.6) is 0 Å². The summed E-state index contributed by atoms with van der Waals surface area (Å²) in [5.41, 5.74) is 3.17. The van der Waals surface area contributed by atoms with Crippen LogP contribution in [0.25, 0.3) is 0 Å². The third kappa shape index (κ3) is 6.25. The lowest BCUT2D eigenvalue weighted by Gasteiger charge is -2.33. The van der Waals surface area contributed by atoms with Crippen LogP contribution in [0, 0.1) is 0 Å². The van der Waals surface area contributed by atoms with E-state index in [0.29, 0.717) is 19.1 Å². The van der Waals surface area contributed by atoms with Crippen molar-refractivity contribution in [3.05, 3.63) is 65.7 Å². The molecule has 0 spiro atoms. The number of hydrogen-bond donors (Lipinski definition) is 3. The molecule has 4 amide bonds. The Bertz CT molecular complexity index is 888. The Labute approximate surface area is 190 Å². The van der Waals surface area contributed by atoms with E-state index >= 15 is 0 Å². The molecule has 1 aliphatic heterocycles. The molecule has 6 nitrogen and oxygen atoms in total. The number of piperidine rings is 1. The molecule has 4 rings (SSSR count). The van der Waals surface area contributed by atoms with Gasteiger partial charge in [-0.3, -0.25) is 0 Å². The minimum atomic E-state index is -0.0735. The van der Waals surface area contributed by atoms with Crippen LogP contribution in [-0.2, 0) is 6.42 Å². The molecular weight excluding hydrogens is 400 g/mol. The Morgan fingerprint density at radius 1 is 0.781 bits per heavy atom. The van der Waals surface area contributed by atoms with E-state index in [2.05, 4.69) is 34.1 Å². The predicted molar refractivity (Wildman–Crippen MR) is 128 cm³/mol. The second-order valence-corrected chi connectivity index (χ2v) is 8.96. The Kier molecular flexibility index (Phi) is 7.64. The summed E-state index contributed by atoms with van der Waals surface area (Å²) >= 11 is 0. The topological polar surface area (TPSA) is 73.5 Å². The molecule has 1 saturated carbocycles. The van der Waals surface area contributed by atoms with Crippen LogP contribution in [-0.4, -0.2) is 42.1 Å². The zero-order valence-corrected chi connectivity index (χ0v) is 18.7. The van der Waals surface area contributed by atoms with Crippen molar-refractivity contribution in [1.29, 1.82) is 0 Å². The molecule has 0 aromatic heterocycles. The first-order chi connectivity index (χ1) is 15.7. The molecule has 0 bridgehead atoms.